The molecular formula is C13H15BrFNO2. The Kier molecular flexibility index (Phi) is 4.35. The van der Waals surface area contributed by atoms with Crippen LogP contribution in [-0.4, -0.2) is 25.2 Å². The van der Waals surface area contributed by atoms with Crippen molar-refractivity contribution in [2.45, 2.75) is 19.4 Å². The van der Waals surface area contributed by atoms with Gasteiger partial charge < -0.3 is 10.1 Å². The molecule has 0 spiro atoms. The minimum absolute atomic E-state index is 0.173. The number of amides is 1. The summed E-state index contributed by atoms with van der Waals surface area (Å²) in [6.07, 6.45) is 1.13. The zero-order valence-corrected chi connectivity index (χ0v) is 11.7. The maximum absolute atomic E-state index is 13.3. The largest absolute Gasteiger partial charge is 0.378 e. The lowest BCUT2D eigenvalue weighted by Gasteiger charge is -2.14. The van der Waals surface area contributed by atoms with Crippen molar-refractivity contribution in [3.63, 3.8) is 0 Å². The lowest BCUT2D eigenvalue weighted by Crippen LogP contribution is -2.32. The van der Waals surface area contributed by atoms with Crippen molar-refractivity contribution in [1.82, 2.24) is 5.32 Å². The molecule has 5 heteroatoms. The summed E-state index contributed by atoms with van der Waals surface area (Å²) in [7, 11) is 0. The molecule has 1 aromatic carbocycles. The predicted molar refractivity (Wildman–Crippen MR) is 70.0 cm³/mol. The van der Waals surface area contributed by atoms with Crippen LogP contribution < -0.4 is 5.32 Å². The molecule has 0 radical (unpaired) electrons. The Hall–Kier alpha value is -0.940. The predicted octanol–water partition coefficient (Wildman–Crippen LogP) is 2.74. The van der Waals surface area contributed by atoms with E-state index >= 15 is 0 Å². The average molecular weight is 316 g/mol. The normalized spacial score (nSPS) is 23.1. The Morgan fingerprint density at radius 3 is 3.00 bits per heavy atom. The highest BCUT2D eigenvalue weighted by Crippen LogP contribution is 2.20. The minimum atomic E-state index is -0.430. The van der Waals surface area contributed by atoms with Crippen molar-refractivity contribution in [3.05, 3.63) is 34.1 Å². The molecule has 0 saturated carbocycles. The summed E-state index contributed by atoms with van der Waals surface area (Å²) in [6.45, 7) is 3.31. The molecule has 2 rings (SSSR count). The topological polar surface area (TPSA) is 38.3 Å². The molecule has 1 fully saturated rings. The van der Waals surface area contributed by atoms with Crippen molar-refractivity contribution in [2.75, 3.05) is 13.2 Å². The van der Waals surface area contributed by atoms with Gasteiger partial charge in [0.15, 0.2) is 0 Å². The van der Waals surface area contributed by atoms with E-state index in [9.17, 15) is 9.18 Å². The van der Waals surface area contributed by atoms with Crippen LogP contribution in [0.1, 0.15) is 23.7 Å². The zero-order chi connectivity index (χ0) is 13.1. The SMILES string of the molecule is CC1OCCC1CNC(=O)c1ccc(Br)c(F)c1. The van der Waals surface area contributed by atoms with Crippen LogP contribution >= 0.6 is 15.9 Å². The van der Waals surface area contributed by atoms with Crippen LogP contribution in [0.25, 0.3) is 0 Å². The summed E-state index contributed by atoms with van der Waals surface area (Å²) in [5.74, 6) is -0.338. The fraction of sp³-hybridized carbons (Fsp3) is 0.462. The molecule has 2 atom stereocenters. The first kappa shape index (κ1) is 13.5. The number of benzene rings is 1. The first-order valence-electron chi connectivity index (χ1n) is 5.93. The van der Waals surface area contributed by atoms with Gasteiger partial charge in [0, 0.05) is 24.6 Å². The standard InChI is InChI=1S/C13H15BrFNO2/c1-8-10(4-5-18-8)7-16-13(17)9-2-3-11(14)12(15)6-9/h2-3,6,8,10H,4-5,7H2,1H3,(H,16,17). The number of carbonyl (C=O) groups is 1. The van der Waals surface area contributed by atoms with Crippen LogP contribution in [0.4, 0.5) is 4.39 Å². The molecule has 1 saturated heterocycles. The second-order valence-corrected chi connectivity index (χ2v) is 5.32. The second-order valence-electron chi connectivity index (χ2n) is 4.46. The Morgan fingerprint density at radius 1 is 1.61 bits per heavy atom. The molecule has 1 amide bonds. The van der Waals surface area contributed by atoms with Crippen molar-refractivity contribution < 1.29 is 13.9 Å². The van der Waals surface area contributed by atoms with Gasteiger partial charge in [0.1, 0.15) is 5.82 Å². The quantitative estimate of drug-likeness (QED) is 0.931. The van der Waals surface area contributed by atoms with Crippen molar-refractivity contribution in [2.24, 2.45) is 5.92 Å². The molecule has 2 unspecified atom stereocenters. The van der Waals surface area contributed by atoms with Crippen LogP contribution in [0.5, 0.6) is 0 Å². The molecule has 1 heterocycles. The first-order valence-corrected chi connectivity index (χ1v) is 6.72. The van der Waals surface area contributed by atoms with Gasteiger partial charge in [-0.3, -0.25) is 4.79 Å². The van der Waals surface area contributed by atoms with Crippen molar-refractivity contribution >= 4 is 21.8 Å². The Balaban J connectivity index is 1.93. The van der Waals surface area contributed by atoms with Crippen LogP contribution in [0, 0.1) is 11.7 Å². The van der Waals surface area contributed by atoms with Crippen LogP contribution in [0.2, 0.25) is 0 Å². The lowest BCUT2D eigenvalue weighted by molar-refractivity contribution is 0.0907. The molecule has 0 aromatic heterocycles. The van der Waals surface area contributed by atoms with E-state index in [-0.39, 0.29) is 12.0 Å². The highest BCUT2D eigenvalue weighted by atomic mass is 79.9. The van der Waals surface area contributed by atoms with Gasteiger partial charge in [0.2, 0.25) is 0 Å². The fourth-order valence-electron chi connectivity index (χ4n) is 2.01. The van der Waals surface area contributed by atoms with Crippen LogP contribution in [0.3, 0.4) is 0 Å². The van der Waals surface area contributed by atoms with Gasteiger partial charge in [0.05, 0.1) is 10.6 Å². The van der Waals surface area contributed by atoms with Gasteiger partial charge >= 0.3 is 0 Å². The summed E-state index contributed by atoms with van der Waals surface area (Å²) in [5, 5.41) is 2.82. The first-order chi connectivity index (χ1) is 8.58. The van der Waals surface area contributed by atoms with E-state index in [1.807, 2.05) is 6.92 Å². The van der Waals surface area contributed by atoms with E-state index in [0.29, 0.717) is 22.5 Å². The monoisotopic (exact) mass is 315 g/mol. The number of rotatable bonds is 3. The van der Waals surface area contributed by atoms with Crippen molar-refractivity contribution in [1.29, 1.82) is 0 Å². The molecule has 3 nitrogen and oxygen atoms in total. The van der Waals surface area contributed by atoms with E-state index in [0.717, 1.165) is 13.0 Å². The number of nitrogens with one attached hydrogen (secondary N) is 1. The number of hydrogen-bond acceptors (Lipinski definition) is 2. The number of hydrogen-bond donors (Lipinski definition) is 1. The van der Waals surface area contributed by atoms with E-state index in [1.165, 1.54) is 12.1 Å². The van der Waals surface area contributed by atoms with Crippen molar-refractivity contribution in [3.8, 4) is 0 Å². The van der Waals surface area contributed by atoms with Gasteiger partial charge in [-0.1, -0.05) is 0 Å². The third-order valence-corrected chi connectivity index (χ3v) is 3.88. The molecule has 1 N–H and O–H groups in total. The molecular weight excluding hydrogens is 301 g/mol. The molecule has 0 aliphatic carbocycles. The molecule has 1 aliphatic rings. The number of halogens is 2. The summed E-state index contributed by atoms with van der Waals surface area (Å²) in [5.41, 5.74) is 0.335. The van der Waals surface area contributed by atoms with Gasteiger partial charge in [0.25, 0.3) is 5.91 Å². The summed E-state index contributed by atoms with van der Waals surface area (Å²) in [6, 6.07) is 4.36. The van der Waals surface area contributed by atoms with Gasteiger partial charge in [-0.15, -0.1) is 0 Å². The number of carbonyl (C=O) groups excluding carboxylic acids is 1. The lowest BCUT2D eigenvalue weighted by atomic mass is 10.0. The number of ether oxygens (including phenoxy) is 1. The molecule has 18 heavy (non-hydrogen) atoms. The average Bonchev–Trinajstić information content (AvgIpc) is 2.75. The third kappa shape index (κ3) is 3.09. The minimum Gasteiger partial charge on any atom is -0.378 e. The maximum atomic E-state index is 13.3. The van der Waals surface area contributed by atoms with E-state index in [1.54, 1.807) is 6.07 Å². The molecule has 1 aromatic rings. The Bertz CT molecular complexity index is 453. The fourth-order valence-corrected chi connectivity index (χ4v) is 2.25. The summed E-state index contributed by atoms with van der Waals surface area (Å²) < 4.78 is 19.1. The van der Waals surface area contributed by atoms with Gasteiger partial charge in [-0.25, -0.2) is 4.39 Å². The third-order valence-electron chi connectivity index (χ3n) is 3.24. The molecule has 98 valence electrons. The molecule has 1 aliphatic heterocycles. The maximum Gasteiger partial charge on any atom is 0.251 e. The summed E-state index contributed by atoms with van der Waals surface area (Å²) in [4.78, 5) is 11.8. The van der Waals surface area contributed by atoms with Crippen LogP contribution in [-0.2, 0) is 4.74 Å². The van der Waals surface area contributed by atoms with Gasteiger partial charge in [-0.05, 0) is 47.5 Å². The Morgan fingerprint density at radius 2 is 2.39 bits per heavy atom. The second kappa shape index (κ2) is 5.80. The smallest absolute Gasteiger partial charge is 0.251 e. The van der Waals surface area contributed by atoms with E-state index < -0.39 is 5.82 Å². The Labute approximate surface area is 114 Å². The van der Waals surface area contributed by atoms with E-state index in [2.05, 4.69) is 21.2 Å². The summed E-state index contributed by atoms with van der Waals surface area (Å²) >= 11 is 3.06. The van der Waals surface area contributed by atoms with E-state index in [4.69, 9.17) is 4.74 Å². The zero-order valence-electron chi connectivity index (χ0n) is 10.1. The molecule has 0 bridgehead atoms. The van der Waals surface area contributed by atoms with Crippen LogP contribution in [0.15, 0.2) is 22.7 Å². The highest BCUT2D eigenvalue weighted by molar-refractivity contribution is 9.10. The highest BCUT2D eigenvalue weighted by Gasteiger charge is 2.24. The van der Waals surface area contributed by atoms with Gasteiger partial charge in [-0.2, -0.15) is 0 Å².